The van der Waals surface area contributed by atoms with Gasteiger partial charge in [0.2, 0.25) is 0 Å². The number of nitrogens with two attached hydrogens (primary N) is 1. The standard InChI is InChI=1S/C17H19N5O9S/c1-7-12(20-14(24)13(21-27-3)9-6-32-16(18)19-9)15(25)22(7)29-5-11(23)28-4-10-8(2)30-17(26)31-10/h6-7,12H,4-5H2,1-3H3,(H2,18,19)(H,20,24)/t7-,12-/m0/s1. The van der Waals surface area contributed by atoms with Gasteiger partial charge in [-0.15, -0.1) is 11.3 Å². The van der Waals surface area contributed by atoms with Crippen molar-refractivity contribution in [1.82, 2.24) is 15.4 Å². The number of nitrogen functional groups attached to an aromatic ring is 1. The van der Waals surface area contributed by atoms with Crippen LogP contribution in [0.3, 0.4) is 0 Å². The monoisotopic (exact) mass is 469 g/mol. The van der Waals surface area contributed by atoms with Gasteiger partial charge in [-0.1, -0.05) is 5.16 Å². The van der Waals surface area contributed by atoms with Crippen molar-refractivity contribution in [1.29, 1.82) is 0 Å². The maximum Gasteiger partial charge on any atom is 0.519 e. The molecule has 0 spiro atoms. The topological polar surface area (TPSA) is 189 Å². The molecular weight excluding hydrogens is 450 g/mol. The summed E-state index contributed by atoms with van der Waals surface area (Å²) in [7, 11) is 1.26. The number of hydroxylamine groups is 2. The van der Waals surface area contributed by atoms with Crippen molar-refractivity contribution in [3.05, 3.63) is 33.2 Å². The van der Waals surface area contributed by atoms with Crippen LogP contribution in [0, 0.1) is 6.92 Å². The minimum absolute atomic E-state index is 0.0647. The second-order valence-electron chi connectivity index (χ2n) is 6.42. The lowest BCUT2D eigenvalue weighted by Gasteiger charge is -2.43. The third-order valence-electron chi connectivity index (χ3n) is 4.31. The van der Waals surface area contributed by atoms with Crippen LogP contribution in [0.4, 0.5) is 5.13 Å². The Balaban J connectivity index is 1.49. The van der Waals surface area contributed by atoms with E-state index in [2.05, 4.69) is 24.7 Å². The maximum atomic E-state index is 12.5. The first-order valence-corrected chi connectivity index (χ1v) is 9.93. The van der Waals surface area contributed by atoms with E-state index in [1.807, 2.05) is 0 Å². The number of aromatic nitrogens is 1. The molecular formula is C17H19N5O9S. The summed E-state index contributed by atoms with van der Waals surface area (Å²) in [5.74, 6) is -2.74. The Morgan fingerprint density at radius 1 is 1.38 bits per heavy atom. The average molecular weight is 469 g/mol. The number of carbonyl (C=O) groups is 3. The Bertz CT molecular complexity index is 1100. The molecule has 3 rings (SSSR count). The molecule has 172 valence electrons. The lowest BCUT2D eigenvalue weighted by Crippen LogP contribution is -2.70. The summed E-state index contributed by atoms with van der Waals surface area (Å²) in [6.07, 6.45) is 0. The summed E-state index contributed by atoms with van der Waals surface area (Å²) in [6.45, 7) is 2.18. The molecule has 0 radical (unpaired) electrons. The van der Waals surface area contributed by atoms with E-state index in [1.165, 1.54) is 19.4 Å². The predicted molar refractivity (Wildman–Crippen MR) is 106 cm³/mol. The largest absolute Gasteiger partial charge is 0.519 e. The summed E-state index contributed by atoms with van der Waals surface area (Å²) in [5, 5.41) is 8.85. The molecule has 1 aliphatic heterocycles. The summed E-state index contributed by atoms with van der Waals surface area (Å²) < 4.78 is 14.3. The Kier molecular flexibility index (Phi) is 6.89. The first-order valence-electron chi connectivity index (χ1n) is 9.05. The first-order chi connectivity index (χ1) is 15.2. The van der Waals surface area contributed by atoms with Gasteiger partial charge in [-0.25, -0.2) is 19.6 Å². The van der Waals surface area contributed by atoms with E-state index in [1.54, 1.807) is 6.92 Å². The van der Waals surface area contributed by atoms with Gasteiger partial charge in [0.15, 0.2) is 35.6 Å². The van der Waals surface area contributed by atoms with Crippen LogP contribution in [-0.4, -0.2) is 59.3 Å². The Hall–Kier alpha value is -3.72. The highest BCUT2D eigenvalue weighted by atomic mass is 32.1. The SMILES string of the molecule is CON=C(C(=O)N[C@@H]1C(=O)N(OCC(=O)OCc2oc(=O)oc2C)[C@H]1C)c1csc(N)n1. The lowest BCUT2D eigenvalue weighted by atomic mass is 10.00. The molecule has 0 bridgehead atoms. The molecule has 0 aliphatic carbocycles. The van der Waals surface area contributed by atoms with Crippen molar-refractivity contribution < 1.29 is 37.6 Å². The highest BCUT2D eigenvalue weighted by molar-refractivity contribution is 7.13. The van der Waals surface area contributed by atoms with Crippen molar-refractivity contribution in [3.8, 4) is 0 Å². The number of anilines is 1. The van der Waals surface area contributed by atoms with Crippen molar-refractivity contribution in [2.45, 2.75) is 32.5 Å². The van der Waals surface area contributed by atoms with E-state index in [9.17, 15) is 19.2 Å². The van der Waals surface area contributed by atoms with E-state index in [0.29, 0.717) is 0 Å². The molecule has 3 N–H and O–H groups in total. The highest BCUT2D eigenvalue weighted by Gasteiger charge is 2.47. The van der Waals surface area contributed by atoms with Gasteiger partial charge in [-0.05, 0) is 13.8 Å². The number of rotatable bonds is 9. The van der Waals surface area contributed by atoms with E-state index in [-0.39, 0.29) is 34.7 Å². The molecule has 2 amide bonds. The van der Waals surface area contributed by atoms with Crippen LogP contribution in [-0.2, 0) is 35.4 Å². The third-order valence-corrected chi connectivity index (χ3v) is 4.98. The van der Waals surface area contributed by atoms with Gasteiger partial charge in [0, 0.05) is 5.38 Å². The Morgan fingerprint density at radius 3 is 2.69 bits per heavy atom. The zero-order valence-corrected chi connectivity index (χ0v) is 18.0. The Morgan fingerprint density at radius 2 is 2.12 bits per heavy atom. The van der Waals surface area contributed by atoms with Crippen LogP contribution >= 0.6 is 11.3 Å². The van der Waals surface area contributed by atoms with Crippen molar-refractivity contribution >= 4 is 40.0 Å². The summed E-state index contributed by atoms with van der Waals surface area (Å²) in [4.78, 5) is 61.5. The first kappa shape index (κ1) is 23.0. The predicted octanol–water partition coefficient (Wildman–Crippen LogP) is -0.679. The number of oxime groups is 1. The molecule has 3 heterocycles. The van der Waals surface area contributed by atoms with Crippen molar-refractivity contribution in [2.75, 3.05) is 19.5 Å². The van der Waals surface area contributed by atoms with E-state index in [0.717, 1.165) is 16.4 Å². The number of esters is 1. The molecule has 2 aromatic rings. The zero-order valence-electron chi connectivity index (χ0n) is 17.1. The number of nitrogens with zero attached hydrogens (tertiary/aromatic N) is 3. The number of amides is 2. The van der Waals surface area contributed by atoms with Crippen LogP contribution in [0.25, 0.3) is 0 Å². The fraction of sp³-hybridized carbons (Fsp3) is 0.412. The zero-order chi connectivity index (χ0) is 23.4. The van der Waals surface area contributed by atoms with E-state index in [4.69, 9.17) is 19.7 Å². The van der Waals surface area contributed by atoms with Crippen molar-refractivity contribution in [3.63, 3.8) is 0 Å². The van der Waals surface area contributed by atoms with Gasteiger partial charge in [-0.3, -0.25) is 14.4 Å². The number of aryl methyl sites for hydroxylation is 1. The number of thiazole rings is 1. The number of β-lactam (4-membered cyclic amide) rings is 1. The fourth-order valence-corrected chi connectivity index (χ4v) is 3.23. The molecule has 2 atom stereocenters. The van der Waals surface area contributed by atoms with Gasteiger partial charge in [0.1, 0.15) is 18.8 Å². The molecule has 14 nitrogen and oxygen atoms in total. The average Bonchev–Trinajstić information content (AvgIpc) is 3.32. The van der Waals surface area contributed by atoms with Crippen molar-refractivity contribution in [2.24, 2.45) is 5.16 Å². The van der Waals surface area contributed by atoms with Gasteiger partial charge < -0.3 is 29.5 Å². The summed E-state index contributed by atoms with van der Waals surface area (Å²) >= 11 is 1.11. The molecule has 0 saturated carbocycles. The van der Waals surface area contributed by atoms with Crippen LogP contribution in [0.1, 0.15) is 24.1 Å². The van der Waals surface area contributed by atoms with Crippen LogP contribution in [0.15, 0.2) is 24.2 Å². The lowest BCUT2D eigenvalue weighted by molar-refractivity contribution is -0.234. The summed E-state index contributed by atoms with van der Waals surface area (Å²) in [5.41, 5.74) is 5.63. The number of hydrogen-bond donors (Lipinski definition) is 2. The normalized spacial score (nSPS) is 18.3. The third kappa shape index (κ3) is 4.94. The molecule has 1 aliphatic rings. The van der Waals surface area contributed by atoms with Gasteiger partial charge in [0.05, 0.1) is 6.04 Å². The molecule has 1 saturated heterocycles. The maximum absolute atomic E-state index is 12.5. The molecule has 15 heteroatoms. The smallest absolute Gasteiger partial charge is 0.456 e. The molecule has 2 aromatic heterocycles. The molecule has 1 fully saturated rings. The van der Waals surface area contributed by atoms with Crippen LogP contribution in [0.5, 0.6) is 0 Å². The molecule has 0 unspecified atom stereocenters. The minimum Gasteiger partial charge on any atom is -0.456 e. The van der Waals surface area contributed by atoms with Gasteiger partial charge in [0.25, 0.3) is 11.8 Å². The molecule has 0 aromatic carbocycles. The van der Waals surface area contributed by atoms with E-state index < -0.39 is 42.3 Å². The number of nitrogens with one attached hydrogen (secondary N) is 1. The second-order valence-corrected chi connectivity index (χ2v) is 7.31. The number of ether oxygens (including phenoxy) is 1. The quantitative estimate of drug-likeness (QED) is 0.205. The summed E-state index contributed by atoms with van der Waals surface area (Å²) in [6, 6.07) is -1.50. The van der Waals surface area contributed by atoms with Gasteiger partial charge >= 0.3 is 11.8 Å². The minimum atomic E-state index is -0.917. The second kappa shape index (κ2) is 9.61. The number of hydrogen-bond acceptors (Lipinski definition) is 13. The van der Waals surface area contributed by atoms with Crippen LogP contribution in [0.2, 0.25) is 0 Å². The molecule has 32 heavy (non-hydrogen) atoms. The Labute approximate surface area is 183 Å². The van der Waals surface area contributed by atoms with Gasteiger partial charge in [-0.2, -0.15) is 0 Å². The van der Waals surface area contributed by atoms with E-state index >= 15 is 0 Å². The highest BCUT2D eigenvalue weighted by Crippen LogP contribution is 2.21. The van der Waals surface area contributed by atoms with Crippen LogP contribution < -0.4 is 16.9 Å². The number of carbonyl (C=O) groups excluding carboxylic acids is 3. The fourth-order valence-electron chi connectivity index (χ4n) is 2.68.